The molecule has 2 aromatic heterocycles. The maximum absolute atomic E-state index is 5.53. The summed E-state index contributed by atoms with van der Waals surface area (Å²) in [5.74, 6) is 8.53. The van der Waals surface area contributed by atoms with Crippen LogP contribution in [0.1, 0.15) is 35.0 Å². The molecule has 1 saturated carbocycles. The topological polar surface area (TPSA) is 75.9 Å². The lowest BCUT2D eigenvalue weighted by atomic mass is 10.2. The Bertz CT molecular complexity index is 563. The van der Waals surface area contributed by atoms with Gasteiger partial charge >= 0.3 is 0 Å². The maximum Gasteiger partial charge on any atom is 0.148 e. The number of hydrazine groups is 1. The van der Waals surface area contributed by atoms with Gasteiger partial charge in [-0.05, 0) is 31.2 Å². The molecule has 0 spiro atoms. The number of hydrogen-bond donors (Lipinski definition) is 3. The van der Waals surface area contributed by atoms with Crippen LogP contribution < -0.4 is 16.6 Å². The van der Waals surface area contributed by atoms with E-state index >= 15 is 0 Å². The van der Waals surface area contributed by atoms with Crippen molar-refractivity contribution in [2.45, 2.75) is 32.2 Å². The summed E-state index contributed by atoms with van der Waals surface area (Å²) in [4.78, 5) is 10.4. The van der Waals surface area contributed by atoms with E-state index in [-0.39, 0.29) is 0 Å². The van der Waals surface area contributed by atoms with Crippen LogP contribution in [0.3, 0.4) is 0 Å². The Labute approximate surface area is 116 Å². The molecule has 4 N–H and O–H groups in total. The Balaban J connectivity index is 1.83. The van der Waals surface area contributed by atoms with Crippen LogP contribution in [0.15, 0.2) is 17.5 Å². The highest BCUT2D eigenvalue weighted by atomic mass is 32.1. The van der Waals surface area contributed by atoms with Gasteiger partial charge in [-0.3, -0.25) is 0 Å². The zero-order valence-corrected chi connectivity index (χ0v) is 11.6. The van der Waals surface area contributed by atoms with Crippen molar-refractivity contribution in [3.63, 3.8) is 0 Å². The van der Waals surface area contributed by atoms with Gasteiger partial charge in [-0.1, -0.05) is 6.07 Å². The summed E-state index contributed by atoms with van der Waals surface area (Å²) >= 11 is 1.73. The van der Waals surface area contributed by atoms with E-state index < -0.39 is 0 Å². The minimum atomic E-state index is 0.509. The molecule has 0 saturated heterocycles. The summed E-state index contributed by atoms with van der Waals surface area (Å²) < 4.78 is 0. The van der Waals surface area contributed by atoms with Gasteiger partial charge in [0.15, 0.2) is 0 Å². The van der Waals surface area contributed by atoms with E-state index in [2.05, 4.69) is 38.2 Å². The van der Waals surface area contributed by atoms with E-state index in [4.69, 9.17) is 5.84 Å². The van der Waals surface area contributed by atoms with E-state index in [0.717, 1.165) is 23.8 Å². The first-order valence-electron chi connectivity index (χ1n) is 6.39. The van der Waals surface area contributed by atoms with Gasteiger partial charge in [-0.15, -0.1) is 11.3 Å². The summed E-state index contributed by atoms with van der Waals surface area (Å²) in [5.41, 5.74) is 3.62. The Morgan fingerprint density at radius 1 is 1.37 bits per heavy atom. The molecule has 0 unspecified atom stereocenters. The summed E-state index contributed by atoms with van der Waals surface area (Å²) in [6.07, 6.45) is 2.36. The van der Waals surface area contributed by atoms with Crippen molar-refractivity contribution in [1.29, 1.82) is 0 Å². The second kappa shape index (κ2) is 5.14. The molecule has 2 heterocycles. The van der Waals surface area contributed by atoms with E-state index in [9.17, 15) is 0 Å². The van der Waals surface area contributed by atoms with Gasteiger partial charge in [0, 0.05) is 16.4 Å². The molecule has 1 aliphatic carbocycles. The normalized spacial score (nSPS) is 14.4. The molecule has 5 nitrogen and oxygen atoms in total. The average molecular weight is 275 g/mol. The van der Waals surface area contributed by atoms with Crippen molar-refractivity contribution < 1.29 is 0 Å². The van der Waals surface area contributed by atoms with Crippen molar-refractivity contribution >= 4 is 23.0 Å². The number of rotatable bonds is 5. The maximum atomic E-state index is 5.53. The average Bonchev–Trinajstić information content (AvgIpc) is 3.14. The number of nitrogens with one attached hydrogen (secondary N) is 2. The Kier molecular flexibility index (Phi) is 3.35. The summed E-state index contributed by atoms with van der Waals surface area (Å²) in [6, 6.07) is 4.16. The highest BCUT2D eigenvalue weighted by Gasteiger charge is 2.28. The molecule has 6 heteroatoms. The third-order valence-electron chi connectivity index (χ3n) is 3.25. The van der Waals surface area contributed by atoms with Gasteiger partial charge in [-0.25, -0.2) is 15.8 Å². The zero-order valence-electron chi connectivity index (χ0n) is 10.8. The standard InChI is InChI=1S/C13H17N5S/c1-8-11(15-7-10-3-2-6-19-10)16-13(9-4-5-9)17-12(8)18-14/h2-3,6,9H,4-5,7,14H2,1H3,(H2,15,16,17,18). The SMILES string of the molecule is Cc1c(NN)nc(C2CC2)nc1NCc1cccs1. The Morgan fingerprint density at radius 2 is 2.16 bits per heavy atom. The van der Waals surface area contributed by atoms with E-state index in [1.54, 1.807) is 11.3 Å². The molecule has 0 atom stereocenters. The molecule has 0 bridgehead atoms. The van der Waals surface area contributed by atoms with Crippen molar-refractivity contribution in [2.75, 3.05) is 10.7 Å². The lowest BCUT2D eigenvalue weighted by molar-refractivity contribution is 0.911. The number of anilines is 2. The number of nitrogen functional groups attached to an aromatic ring is 1. The molecule has 0 amide bonds. The molecule has 1 aliphatic rings. The molecule has 100 valence electrons. The second-order valence-electron chi connectivity index (χ2n) is 4.76. The fourth-order valence-electron chi connectivity index (χ4n) is 1.95. The van der Waals surface area contributed by atoms with Crippen LogP contribution >= 0.6 is 11.3 Å². The highest BCUT2D eigenvalue weighted by molar-refractivity contribution is 7.09. The Hall–Kier alpha value is -1.66. The first-order chi connectivity index (χ1) is 9.28. The first kappa shape index (κ1) is 12.4. The fourth-order valence-corrected chi connectivity index (χ4v) is 2.60. The number of hydrogen-bond acceptors (Lipinski definition) is 6. The number of thiophene rings is 1. The second-order valence-corrected chi connectivity index (χ2v) is 5.79. The first-order valence-corrected chi connectivity index (χ1v) is 7.27. The lowest BCUT2D eigenvalue weighted by Crippen LogP contribution is -2.14. The highest BCUT2D eigenvalue weighted by Crippen LogP contribution is 2.39. The number of nitrogens with two attached hydrogens (primary N) is 1. The van der Waals surface area contributed by atoms with Crippen LogP contribution in [0.25, 0.3) is 0 Å². The van der Waals surface area contributed by atoms with E-state index in [1.807, 2.05) is 6.92 Å². The van der Waals surface area contributed by atoms with Gasteiger partial charge in [0.2, 0.25) is 0 Å². The van der Waals surface area contributed by atoms with Crippen LogP contribution in [0.5, 0.6) is 0 Å². The molecule has 2 aromatic rings. The zero-order chi connectivity index (χ0) is 13.2. The minimum absolute atomic E-state index is 0.509. The van der Waals surface area contributed by atoms with Gasteiger partial charge in [0.25, 0.3) is 0 Å². The smallest absolute Gasteiger partial charge is 0.148 e. The van der Waals surface area contributed by atoms with Crippen LogP contribution in [0.2, 0.25) is 0 Å². The number of nitrogens with zero attached hydrogens (tertiary/aromatic N) is 2. The van der Waals surface area contributed by atoms with Crippen molar-refractivity contribution in [1.82, 2.24) is 9.97 Å². The fraction of sp³-hybridized carbons (Fsp3) is 0.385. The molecular weight excluding hydrogens is 258 g/mol. The van der Waals surface area contributed by atoms with Crippen LogP contribution in [0.4, 0.5) is 11.6 Å². The summed E-state index contributed by atoms with van der Waals surface area (Å²) in [6.45, 7) is 2.76. The summed E-state index contributed by atoms with van der Waals surface area (Å²) in [7, 11) is 0. The molecule has 19 heavy (non-hydrogen) atoms. The molecular formula is C13H17N5S. The van der Waals surface area contributed by atoms with Crippen molar-refractivity contribution in [3.8, 4) is 0 Å². The Morgan fingerprint density at radius 3 is 2.79 bits per heavy atom. The quantitative estimate of drug-likeness (QED) is 0.577. The van der Waals surface area contributed by atoms with E-state index in [0.29, 0.717) is 11.7 Å². The summed E-state index contributed by atoms with van der Waals surface area (Å²) in [5, 5.41) is 5.45. The molecule has 3 rings (SSSR count). The van der Waals surface area contributed by atoms with Crippen LogP contribution in [-0.2, 0) is 6.54 Å². The predicted molar refractivity (Wildman–Crippen MR) is 78.2 cm³/mol. The molecule has 0 aliphatic heterocycles. The third kappa shape index (κ3) is 2.69. The predicted octanol–water partition coefficient (Wildman–Crippen LogP) is 2.62. The van der Waals surface area contributed by atoms with Crippen LogP contribution in [-0.4, -0.2) is 9.97 Å². The molecule has 0 aromatic carbocycles. The monoisotopic (exact) mass is 275 g/mol. The minimum Gasteiger partial charge on any atom is -0.365 e. The van der Waals surface area contributed by atoms with Crippen LogP contribution in [0, 0.1) is 6.92 Å². The van der Waals surface area contributed by atoms with Crippen molar-refractivity contribution in [3.05, 3.63) is 33.8 Å². The third-order valence-corrected chi connectivity index (χ3v) is 4.13. The number of aromatic nitrogens is 2. The van der Waals surface area contributed by atoms with Crippen molar-refractivity contribution in [2.24, 2.45) is 5.84 Å². The van der Waals surface area contributed by atoms with Gasteiger partial charge in [-0.2, -0.15) is 0 Å². The molecule has 1 fully saturated rings. The lowest BCUT2D eigenvalue weighted by Gasteiger charge is -2.13. The van der Waals surface area contributed by atoms with Gasteiger partial charge < -0.3 is 10.7 Å². The van der Waals surface area contributed by atoms with Gasteiger partial charge in [0.05, 0.1) is 6.54 Å². The molecule has 0 radical (unpaired) electrons. The van der Waals surface area contributed by atoms with E-state index in [1.165, 1.54) is 17.7 Å². The largest absolute Gasteiger partial charge is 0.365 e. The van der Waals surface area contributed by atoms with Gasteiger partial charge in [0.1, 0.15) is 17.5 Å².